The van der Waals surface area contributed by atoms with Crippen LogP contribution < -0.4 is 5.32 Å². The highest BCUT2D eigenvalue weighted by Crippen LogP contribution is 2.46. The number of carbonyl (C=O) groups is 2. The van der Waals surface area contributed by atoms with Crippen LogP contribution in [-0.2, 0) is 16.0 Å². The van der Waals surface area contributed by atoms with E-state index in [9.17, 15) is 9.59 Å². The molecule has 92 valence electrons. The van der Waals surface area contributed by atoms with Crippen molar-refractivity contribution in [2.45, 2.75) is 33.1 Å². The highest BCUT2D eigenvalue weighted by molar-refractivity contribution is 7.15. The molecule has 1 fully saturated rings. The van der Waals surface area contributed by atoms with Gasteiger partial charge in [0.1, 0.15) is 5.41 Å². The molecule has 0 bridgehead atoms. The van der Waals surface area contributed by atoms with Crippen LogP contribution in [0.15, 0.2) is 0 Å². The molecule has 1 aliphatic rings. The largest absolute Gasteiger partial charge is 0.480 e. The summed E-state index contributed by atoms with van der Waals surface area (Å²) in [6.07, 6.45) is 1.64. The maximum atomic E-state index is 11.8. The van der Waals surface area contributed by atoms with Crippen LogP contribution in [0.3, 0.4) is 0 Å². The maximum absolute atomic E-state index is 11.8. The molecule has 1 aromatic rings. The van der Waals surface area contributed by atoms with E-state index < -0.39 is 17.3 Å². The lowest BCUT2D eigenvalue weighted by Crippen LogP contribution is -2.31. The lowest BCUT2D eigenvalue weighted by Gasteiger charge is -2.07. The van der Waals surface area contributed by atoms with Crippen LogP contribution in [-0.4, -0.2) is 22.0 Å². The summed E-state index contributed by atoms with van der Waals surface area (Å²) in [7, 11) is 0. The van der Waals surface area contributed by atoms with Gasteiger partial charge in [-0.2, -0.15) is 0 Å². The van der Waals surface area contributed by atoms with Crippen LogP contribution in [0.1, 0.15) is 30.3 Å². The number of aliphatic carboxylic acids is 1. The fourth-order valence-corrected chi connectivity index (χ4v) is 2.59. The third kappa shape index (κ3) is 2.04. The first-order chi connectivity index (χ1) is 7.99. The van der Waals surface area contributed by atoms with Crippen molar-refractivity contribution in [1.29, 1.82) is 0 Å². The summed E-state index contributed by atoms with van der Waals surface area (Å²) in [5.74, 6) is -1.49. The molecule has 1 heterocycles. The van der Waals surface area contributed by atoms with E-state index in [-0.39, 0.29) is 0 Å². The van der Waals surface area contributed by atoms with E-state index in [1.165, 1.54) is 11.3 Å². The highest BCUT2D eigenvalue weighted by atomic mass is 32.1. The Balaban J connectivity index is 2.11. The number of nitrogens with one attached hydrogen (secondary N) is 1. The summed E-state index contributed by atoms with van der Waals surface area (Å²) >= 11 is 1.39. The molecule has 0 saturated heterocycles. The van der Waals surface area contributed by atoms with E-state index in [0.29, 0.717) is 18.0 Å². The fourth-order valence-electron chi connectivity index (χ4n) is 1.69. The van der Waals surface area contributed by atoms with Gasteiger partial charge in [0.2, 0.25) is 5.91 Å². The Kier molecular flexibility index (Phi) is 2.91. The van der Waals surface area contributed by atoms with Crippen LogP contribution in [0.25, 0.3) is 0 Å². The molecular formula is C11H14N2O3S. The summed E-state index contributed by atoms with van der Waals surface area (Å²) in [5, 5.41) is 12.1. The van der Waals surface area contributed by atoms with E-state index in [1.54, 1.807) is 0 Å². The molecular weight excluding hydrogens is 240 g/mol. The Bertz CT molecular complexity index is 477. The third-order valence-electron chi connectivity index (χ3n) is 3.04. The van der Waals surface area contributed by atoms with E-state index in [1.807, 2.05) is 13.8 Å². The molecule has 1 aromatic heterocycles. The first-order valence-electron chi connectivity index (χ1n) is 5.51. The molecule has 0 atom stereocenters. The van der Waals surface area contributed by atoms with Crippen molar-refractivity contribution in [2.75, 3.05) is 5.32 Å². The second-order valence-corrected chi connectivity index (χ2v) is 5.42. The Labute approximate surface area is 103 Å². The second kappa shape index (κ2) is 4.10. The monoisotopic (exact) mass is 254 g/mol. The summed E-state index contributed by atoms with van der Waals surface area (Å²) in [5.41, 5.74) is -0.253. The van der Waals surface area contributed by atoms with E-state index in [0.717, 1.165) is 17.0 Å². The normalized spacial score (nSPS) is 16.6. The smallest absolute Gasteiger partial charge is 0.319 e. The van der Waals surface area contributed by atoms with E-state index in [4.69, 9.17) is 5.11 Å². The number of thiazole rings is 1. The fraction of sp³-hybridized carbons (Fsp3) is 0.545. The molecule has 1 amide bonds. The number of amides is 1. The summed E-state index contributed by atoms with van der Waals surface area (Å²) < 4.78 is 0. The zero-order valence-corrected chi connectivity index (χ0v) is 10.6. The van der Waals surface area contributed by atoms with Crippen LogP contribution in [0.4, 0.5) is 5.13 Å². The average Bonchev–Trinajstić information content (AvgIpc) is 3.00. The summed E-state index contributed by atoms with van der Waals surface area (Å²) in [4.78, 5) is 28.1. The number of carboxylic acid groups (broad SMARTS) is 1. The van der Waals surface area contributed by atoms with Gasteiger partial charge in [-0.3, -0.25) is 9.59 Å². The molecule has 17 heavy (non-hydrogen) atoms. The predicted molar refractivity (Wildman–Crippen MR) is 64.2 cm³/mol. The molecule has 0 aliphatic heterocycles. The Morgan fingerprint density at radius 2 is 2.18 bits per heavy atom. The zero-order valence-electron chi connectivity index (χ0n) is 9.74. The molecule has 0 radical (unpaired) electrons. The lowest BCUT2D eigenvalue weighted by molar-refractivity contribution is -0.147. The molecule has 1 saturated carbocycles. The molecule has 5 nitrogen and oxygen atoms in total. The van der Waals surface area contributed by atoms with Crippen molar-refractivity contribution < 1.29 is 14.7 Å². The van der Waals surface area contributed by atoms with Gasteiger partial charge in [-0.1, -0.05) is 6.92 Å². The van der Waals surface area contributed by atoms with Gasteiger partial charge in [0, 0.05) is 4.88 Å². The average molecular weight is 254 g/mol. The van der Waals surface area contributed by atoms with Gasteiger partial charge >= 0.3 is 5.97 Å². The van der Waals surface area contributed by atoms with Gasteiger partial charge in [0.05, 0.1) is 5.69 Å². The number of carboxylic acids is 1. The second-order valence-electron chi connectivity index (χ2n) is 4.22. The molecule has 0 spiro atoms. The van der Waals surface area contributed by atoms with Crippen LogP contribution in [0, 0.1) is 12.3 Å². The van der Waals surface area contributed by atoms with Gasteiger partial charge in [-0.25, -0.2) is 4.98 Å². The lowest BCUT2D eigenvalue weighted by atomic mass is 10.1. The minimum absolute atomic E-state index is 0.416. The van der Waals surface area contributed by atoms with Crippen molar-refractivity contribution in [3.8, 4) is 0 Å². The maximum Gasteiger partial charge on any atom is 0.319 e. The number of rotatable bonds is 4. The SMILES string of the molecule is CCc1nc(NC(=O)C2(C(=O)O)CC2)sc1C. The topological polar surface area (TPSA) is 79.3 Å². The summed E-state index contributed by atoms with van der Waals surface area (Å²) in [6.45, 7) is 3.93. The van der Waals surface area contributed by atoms with Gasteiger partial charge in [-0.05, 0) is 26.2 Å². The number of nitrogens with zero attached hydrogens (tertiary/aromatic N) is 1. The minimum Gasteiger partial charge on any atom is -0.480 e. The molecule has 0 unspecified atom stereocenters. The molecule has 1 aliphatic carbocycles. The van der Waals surface area contributed by atoms with Gasteiger partial charge < -0.3 is 10.4 Å². The highest BCUT2D eigenvalue weighted by Gasteiger charge is 2.57. The molecule has 6 heteroatoms. The van der Waals surface area contributed by atoms with Crippen molar-refractivity contribution in [3.05, 3.63) is 10.6 Å². The quantitative estimate of drug-likeness (QED) is 0.803. The first-order valence-corrected chi connectivity index (χ1v) is 6.32. The standard InChI is InChI=1S/C11H14N2O3S/c1-3-7-6(2)17-10(12-7)13-8(14)11(4-5-11)9(15)16/h3-5H2,1-2H3,(H,15,16)(H,12,13,14). The summed E-state index contributed by atoms with van der Waals surface area (Å²) in [6, 6.07) is 0. The number of aromatic nitrogens is 1. The Hall–Kier alpha value is -1.43. The number of aryl methyl sites for hydroxylation is 2. The van der Waals surface area contributed by atoms with Crippen LogP contribution >= 0.6 is 11.3 Å². The Morgan fingerprint density at radius 1 is 1.53 bits per heavy atom. The van der Waals surface area contributed by atoms with Crippen LogP contribution in [0.2, 0.25) is 0 Å². The molecule has 2 N–H and O–H groups in total. The number of anilines is 1. The number of carbonyl (C=O) groups excluding carboxylic acids is 1. The van der Waals surface area contributed by atoms with Gasteiger partial charge in [0.15, 0.2) is 5.13 Å². The molecule has 0 aromatic carbocycles. The zero-order chi connectivity index (χ0) is 12.6. The van der Waals surface area contributed by atoms with E-state index >= 15 is 0 Å². The van der Waals surface area contributed by atoms with Crippen molar-refractivity contribution in [1.82, 2.24) is 4.98 Å². The number of hydrogen-bond donors (Lipinski definition) is 2. The van der Waals surface area contributed by atoms with Crippen molar-refractivity contribution >= 4 is 28.3 Å². The van der Waals surface area contributed by atoms with Gasteiger partial charge in [-0.15, -0.1) is 11.3 Å². The third-order valence-corrected chi connectivity index (χ3v) is 3.97. The minimum atomic E-state index is -1.20. The van der Waals surface area contributed by atoms with Crippen molar-refractivity contribution in [3.63, 3.8) is 0 Å². The van der Waals surface area contributed by atoms with Crippen LogP contribution in [0.5, 0.6) is 0 Å². The van der Waals surface area contributed by atoms with E-state index in [2.05, 4.69) is 10.3 Å². The Morgan fingerprint density at radius 3 is 2.59 bits per heavy atom. The van der Waals surface area contributed by atoms with Gasteiger partial charge in [0.25, 0.3) is 0 Å². The molecule has 2 rings (SSSR count). The first kappa shape index (κ1) is 12.0. The van der Waals surface area contributed by atoms with Crippen molar-refractivity contribution in [2.24, 2.45) is 5.41 Å². The predicted octanol–water partition coefficient (Wildman–Crippen LogP) is 1.82. The number of hydrogen-bond acceptors (Lipinski definition) is 4.